The molecule has 0 aromatic heterocycles. The molecular weight excluding hydrogens is 200 g/mol. The topological polar surface area (TPSA) is 90.8 Å². The number of epoxide rings is 1. The van der Waals surface area contributed by atoms with Gasteiger partial charge in [-0.25, -0.2) is 4.79 Å². The Bertz CT molecular complexity index is 322. The number of ether oxygens (including phenoxy) is 2. The lowest BCUT2D eigenvalue weighted by molar-refractivity contribution is 0.131. The fraction of sp³-hybridized carbons (Fsp3) is 0.875. The van der Waals surface area contributed by atoms with Crippen LogP contribution in [0.3, 0.4) is 0 Å². The molecule has 0 aliphatic carbocycles. The first-order chi connectivity index (χ1) is 7.13. The van der Waals surface area contributed by atoms with Gasteiger partial charge in [-0.1, -0.05) is 5.11 Å². The molecule has 82 valence electrons. The van der Waals surface area contributed by atoms with Crippen LogP contribution < -0.4 is 0 Å². The van der Waals surface area contributed by atoms with Crippen LogP contribution in [0.4, 0.5) is 4.79 Å². The van der Waals surface area contributed by atoms with E-state index in [1.165, 1.54) is 0 Å². The molecule has 0 spiro atoms. The molecule has 0 bridgehead atoms. The van der Waals surface area contributed by atoms with Gasteiger partial charge in [-0.3, -0.25) is 0 Å². The Morgan fingerprint density at radius 2 is 2.53 bits per heavy atom. The molecule has 2 unspecified atom stereocenters. The van der Waals surface area contributed by atoms with Crippen molar-refractivity contribution in [1.29, 1.82) is 0 Å². The predicted octanol–water partition coefficient (Wildman–Crippen LogP) is 0.906. The summed E-state index contributed by atoms with van der Waals surface area (Å²) in [6.07, 6.45) is -0.680. The molecule has 2 aliphatic rings. The number of hydrogen-bond donors (Lipinski definition) is 0. The van der Waals surface area contributed by atoms with Crippen molar-refractivity contribution in [3.63, 3.8) is 0 Å². The lowest BCUT2D eigenvalue weighted by Crippen LogP contribution is -2.34. The average molecular weight is 212 g/mol. The van der Waals surface area contributed by atoms with Crippen LogP contribution in [0.2, 0.25) is 0 Å². The van der Waals surface area contributed by atoms with E-state index in [1.807, 2.05) is 6.92 Å². The molecule has 2 aliphatic heterocycles. The number of azide groups is 1. The van der Waals surface area contributed by atoms with E-state index in [1.54, 1.807) is 4.90 Å². The SMILES string of the molecule is CC1(CN2CC(CN=[N+]=[N-])OC2=O)CO1. The van der Waals surface area contributed by atoms with Crippen molar-refractivity contribution in [1.82, 2.24) is 4.90 Å². The van der Waals surface area contributed by atoms with Crippen LogP contribution in [-0.2, 0) is 9.47 Å². The van der Waals surface area contributed by atoms with Gasteiger partial charge in [-0.15, -0.1) is 0 Å². The van der Waals surface area contributed by atoms with Crippen LogP contribution in [0.5, 0.6) is 0 Å². The van der Waals surface area contributed by atoms with E-state index in [0.29, 0.717) is 19.7 Å². The van der Waals surface area contributed by atoms with Crippen LogP contribution in [0.25, 0.3) is 10.4 Å². The zero-order valence-electron chi connectivity index (χ0n) is 8.42. The van der Waals surface area contributed by atoms with E-state index in [0.717, 1.165) is 0 Å². The minimum absolute atomic E-state index is 0.191. The zero-order chi connectivity index (χ0) is 10.9. The quantitative estimate of drug-likeness (QED) is 0.300. The van der Waals surface area contributed by atoms with Gasteiger partial charge in [0.15, 0.2) is 0 Å². The van der Waals surface area contributed by atoms with Crippen molar-refractivity contribution in [2.45, 2.75) is 18.6 Å². The van der Waals surface area contributed by atoms with Crippen LogP contribution in [0.1, 0.15) is 6.92 Å². The smallest absolute Gasteiger partial charge is 0.410 e. The molecular formula is C8H12N4O3. The first-order valence-electron chi connectivity index (χ1n) is 4.73. The summed E-state index contributed by atoms with van der Waals surface area (Å²) in [5, 5.41) is 3.38. The summed E-state index contributed by atoms with van der Waals surface area (Å²) < 4.78 is 10.2. The summed E-state index contributed by atoms with van der Waals surface area (Å²) in [7, 11) is 0. The summed E-state index contributed by atoms with van der Waals surface area (Å²) in [6.45, 7) is 3.82. The summed E-state index contributed by atoms with van der Waals surface area (Å²) in [5.41, 5.74) is 7.94. The second kappa shape index (κ2) is 3.60. The number of amides is 1. The Hall–Kier alpha value is -1.46. The standard InChI is InChI=1S/C8H12N4O3/c1-8(5-14-8)4-12-3-6(2-10-11-9)15-7(12)13/h6H,2-5H2,1H3. The zero-order valence-corrected chi connectivity index (χ0v) is 8.42. The van der Waals surface area contributed by atoms with Crippen LogP contribution in [0.15, 0.2) is 5.11 Å². The third-order valence-electron chi connectivity index (χ3n) is 2.46. The Morgan fingerprint density at radius 1 is 1.80 bits per heavy atom. The number of carbonyl (C=O) groups excluding carboxylic acids is 1. The molecule has 0 N–H and O–H groups in total. The lowest BCUT2D eigenvalue weighted by atomic mass is 10.2. The Kier molecular flexibility index (Phi) is 2.42. The lowest BCUT2D eigenvalue weighted by Gasteiger charge is -2.14. The van der Waals surface area contributed by atoms with Gasteiger partial charge in [0.25, 0.3) is 0 Å². The molecule has 0 aromatic rings. The maximum Gasteiger partial charge on any atom is 0.410 e. The summed E-state index contributed by atoms with van der Waals surface area (Å²) >= 11 is 0. The first kappa shape index (κ1) is 10.1. The number of rotatable bonds is 4. The number of nitrogens with zero attached hydrogens (tertiary/aromatic N) is 4. The maximum absolute atomic E-state index is 11.4. The summed E-state index contributed by atoms with van der Waals surface area (Å²) in [5.74, 6) is 0. The highest BCUT2D eigenvalue weighted by molar-refractivity contribution is 5.70. The van der Waals surface area contributed by atoms with Crippen molar-refractivity contribution < 1.29 is 14.3 Å². The molecule has 0 saturated carbocycles. The maximum atomic E-state index is 11.4. The molecule has 0 aromatic carbocycles. The molecule has 2 fully saturated rings. The highest BCUT2D eigenvalue weighted by Gasteiger charge is 2.44. The highest BCUT2D eigenvalue weighted by Crippen LogP contribution is 2.28. The third kappa shape index (κ3) is 2.31. The minimum Gasteiger partial charge on any atom is -0.444 e. The van der Waals surface area contributed by atoms with E-state index < -0.39 is 0 Å². The molecule has 1 amide bonds. The molecule has 7 nitrogen and oxygen atoms in total. The second-order valence-corrected chi connectivity index (χ2v) is 4.04. The molecule has 7 heteroatoms. The first-order valence-corrected chi connectivity index (χ1v) is 4.73. The fourth-order valence-corrected chi connectivity index (χ4v) is 1.54. The van der Waals surface area contributed by atoms with Crippen LogP contribution in [-0.4, -0.2) is 48.9 Å². The summed E-state index contributed by atoms with van der Waals surface area (Å²) in [6, 6.07) is 0. The second-order valence-electron chi connectivity index (χ2n) is 4.04. The van der Waals surface area contributed by atoms with E-state index in [9.17, 15) is 4.79 Å². The van der Waals surface area contributed by atoms with E-state index >= 15 is 0 Å². The van der Waals surface area contributed by atoms with Crippen molar-refractivity contribution >= 4 is 6.09 Å². The minimum atomic E-state index is -0.357. The monoisotopic (exact) mass is 212 g/mol. The average Bonchev–Trinajstić information content (AvgIpc) is 2.81. The van der Waals surface area contributed by atoms with Gasteiger partial charge in [0.2, 0.25) is 0 Å². The van der Waals surface area contributed by atoms with Gasteiger partial charge in [0, 0.05) is 4.91 Å². The fourth-order valence-electron chi connectivity index (χ4n) is 1.54. The summed E-state index contributed by atoms with van der Waals surface area (Å²) in [4.78, 5) is 15.6. The molecule has 0 radical (unpaired) electrons. The molecule has 2 saturated heterocycles. The van der Waals surface area contributed by atoms with Crippen molar-refractivity contribution in [2.75, 3.05) is 26.2 Å². The van der Waals surface area contributed by atoms with Gasteiger partial charge in [-0.05, 0) is 12.5 Å². The predicted molar refractivity (Wildman–Crippen MR) is 50.2 cm³/mol. The third-order valence-corrected chi connectivity index (χ3v) is 2.46. The van der Waals surface area contributed by atoms with Gasteiger partial charge < -0.3 is 14.4 Å². The van der Waals surface area contributed by atoms with Gasteiger partial charge >= 0.3 is 6.09 Å². The van der Waals surface area contributed by atoms with Gasteiger partial charge in [0.05, 0.1) is 26.2 Å². The Labute approximate surface area is 86.6 Å². The molecule has 2 atom stereocenters. The Balaban J connectivity index is 1.86. The van der Waals surface area contributed by atoms with Gasteiger partial charge in [-0.2, -0.15) is 0 Å². The van der Waals surface area contributed by atoms with Gasteiger partial charge in [0.1, 0.15) is 11.7 Å². The molecule has 2 heterocycles. The Morgan fingerprint density at radius 3 is 3.13 bits per heavy atom. The van der Waals surface area contributed by atoms with Crippen LogP contribution in [0, 0.1) is 0 Å². The number of cyclic esters (lactones) is 1. The largest absolute Gasteiger partial charge is 0.444 e. The highest BCUT2D eigenvalue weighted by atomic mass is 16.6. The van der Waals surface area contributed by atoms with Crippen LogP contribution >= 0.6 is 0 Å². The van der Waals surface area contributed by atoms with E-state index in [-0.39, 0.29) is 24.3 Å². The van der Waals surface area contributed by atoms with E-state index in [4.69, 9.17) is 15.0 Å². The van der Waals surface area contributed by atoms with Crippen molar-refractivity contribution in [3.8, 4) is 0 Å². The normalized spacial score (nSPS) is 33.5. The number of carbonyl (C=O) groups is 1. The molecule has 15 heavy (non-hydrogen) atoms. The molecule has 2 rings (SSSR count). The van der Waals surface area contributed by atoms with E-state index in [2.05, 4.69) is 10.0 Å². The van der Waals surface area contributed by atoms with Crippen molar-refractivity contribution in [2.24, 2.45) is 5.11 Å². The van der Waals surface area contributed by atoms with Crippen molar-refractivity contribution in [3.05, 3.63) is 10.4 Å². The number of hydrogen-bond acceptors (Lipinski definition) is 4.